The van der Waals surface area contributed by atoms with Gasteiger partial charge in [0.1, 0.15) is 0 Å². The highest BCUT2D eigenvalue weighted by Crippen LogP contribution is 2.60. The van der Waals surface area contributed by atoms with E-state index in [4.69, 9.17) is 0 Å². The lowest BCUT2D eigenvalue weighted by molar-refractivity contribution is -0.385. The van der Waals surface area contributed by atoms with E-state index in [1.54, 1.807) is 54.6 Å². The average molecular weight is 1740 g/mol. The number of nitro benzene ring substituents is 4. The maximum absolute atomic E-state index is 12.1. The molecule has 0 spiro atoms. The third-order valence-corrected chi connectivity index (χ3v) is 25.3. The van der Waals surface area contributed by atoms with E-state index in [0.29, 0.717) is 5.46 Å². The molecule has 20 aromatic rings. The maximum Gasteiger partial charge on any atom is 0.488 e. The van der Waals surface area contributed by atoms with Gasteiger partial charge in [-0.2, -0.15) is 0 Å². The predicted octanol–water partition coefficient (Wildman–Crippen LogP) is 25.2. The van der Waals surface area contributed by atoms with E-state index in [0.717, 1.165) is 148 Å². The summed E-state index contributed by atoms with van der Waals surface area (Å²) < 4.78 is 8.55. The molecule has 0 saturated heterocycles. The highest BCUT2D eigenvalue weighted by Gasteiger charge is 2.49. The Bertz CT molecular complexity index is 7250. The highest BCUT2D eigenvalue weighted by molar-refractivity contribution is 9.10. The smallest absolute Gasteiger partial charge is 0.423 e. The lowest BCUT2D eigenvalue weighted by Crippen LogP contribution is -2.29. The summed E-state index contributed by atoms with van der Waals surface area (Å²) in [4.78, 5) is 45.3. The summed E-state index contributed by atoms with van der Waals surface area (Å²) in [7, 11) is -1.46. The second kappa shape index (κ2) is 31.0. The molecule has 0 unspecified atom stereocenters. The Labute approximate surface area is 725 Å². The SMILES string of the molecule is O=[N+]([O-])c1ccc(C2(c3ccc([N+](=O)[O-])cc3)c3cc(-c4cccc(-n5c6ccccc6c6ccccc65)c4)ccc3-c3ccc(-c4cccc(-n5c6ccccc6c6ccccc65)c4)cc32)cc1.O=[N+]([O-])c1ccc(C2(c3ccc([N+](=O)[O-])cc3)c3cc(Br)ccc3-c3ccc(Br)cc32)cc1.OB(O)c1cccc(-n2c3ccccc3c3ccccc32)c1. The van der Waals surface area contributed by atoms with Crippen LogP contribution >= 0.6 is 31.9 Å². The normalized spacial score (nSPS) is 12.6. The number of aromatic nitrogens is 3. The van der Waals surface area contributed by atoms with Crippen molar-refractivity contribution >= 4 is 133 Å². The Morgan fingerprint density at radius 3 is 0.766 bits per heavy atom. The van der Waals surface area contributed by atoms with Gasteiger partial charge in [-0.3, -0.25) is 40.5 Å². The van der Waals surface area contributed by atoms with Crippen molar-refractivity contribution in [1.29, 1.82) is 0 Å². The number of non-ortho nitro benzene ring substituents is 4. The molecule has 0 fully saturated rings. The summed E-state index contributed by atoms with van der Waals surface area (Å²) in [5.74, 6) is 0. The lowest BCUT2D eigenvalue weighted by Gasteiger charge is -2.34. The van der Waals surface area contributed by atoms with Crippen LogP contribution in [0.15, 0.2) is 397 Å². The summed E-state index contributed by atoms with van der Waals surface area (Å²) >= 11 is 7.19. The van der Waals surface area contributed by atoms with Crippen molar-refractivity contribution in [3.8, 4) is 61.6 Å². The molecule has 20 heteroatoms. The third kappa shape index (κ3) is 12.8. The predicted molar refractivity (Wildman–Crippen MR) is 500 cm³/mol. The van der Waals surface area contributed by atoms with Crippen LogP contribution in [0, 0.1) is 40.5 Å². The van der Waals surface area contributed by atoms with E-state index in [9.17, 15) is 50.5 Å². The van der Waals surface area contributed by atoms with Crippen molar-refractivity contribution in [3.63, 3.8) is 0 Å². The van der Waals surface area contributed by atoms with Gasteiger partial charge in [0.2, 0.25) is 0 Å². The first kappa shape index (κ1) is 77.3. The number of para-hydroxylation sites is 6. The molecule has 2 aliphatic rings. The molecule has 124 heavy (non-hydrogen) atoms. The van der Waals surface area contributed by atoms with E-state index >= 15 is 0 Å². The van der Waals surface area contributed by atoms with Crippen LogP contribution in [0.2, 0.25) is 0 Å². The number of nitro groups is 4. The largest absolute Gasteiger partial charge is 0.488 e. The van der Waals surface area contributed by atoms with Gasteiger partial charge in [-0.05, 0) is 204 Å². The van der Waals surface area contributed by atoms with Crippen LogP contribution in [-0.2, 0) is 10.8 Å². The van der Waals surface area contributed by atoms with Crippen molar-refractivity contribution in [3.05, 3.63) is 482 Å². The van der Waals surface area contributed by atoms with Crippen molar-refractivity contribution in [2.24, 2.45) is 0 Å². The molecule has 0 aliphatic heterocycles. The van der Waals surface area contributed by atoms with Crippen LogP contribution < -0.4 is 5.46 Å². The summed E-state index contributed by atoms with van der Waals surface area (Å²) in [6.07, 6.45) is 0. The van der Waals surface area contributed by atoms with Crippen molar-refractivity contribution in [2.45, 2.75) is 10.8 Å². The molecule has 3 aromatic heterocycles. The average Bonchev–Trinajstić information content (AvgIpc) is 1.53. The summed E-state index contributed by atoms with van der Waals surface area (Å²) in [6, 6.07) is 127. The fourth-order valence-electron chi connectivity index (χ4n) is 18.9. The molecule has 17 nitrogen and oxygen atoms in total. The summed E-state index contributed by atoms with van der Waals surface area (Å²) in [6.45, 7) is 0. The molecule has 22 rings (SSSR count). The molecule has 0 bridgehead atoms. The first-order chi connectivity index (χ1) is 60.4. The molecule has 2 N–H and O–H groups in total. The van der Waals surface area contributed by atoms with Gasteiger partial charge in [-0.25, -0.2) is 0 Å². The van der Waals surface area contributed by atoms with E-state index in [1.807, 2.05) is 103 Å². The number of hydrogen-bond donors (Lipinski definition) is 2. The maximum atomic E-state index is 12.1. The first-order valence-corrected chi connectivity index (χ1v) is 41.6. The molecule has 0 radical (unpaired) electrons. The molecular weight excluding hydrogens is 1680 g/mol. The number of hydrogen-bond acceptors (Lipinski definition) is 10. The quantitative estimate of drug-likeness (QED) is 0.0594. The number of nitrogens with zero attached hydrogens (tertiary/aromatic N) is 7. The van der Waals surface area contributed by atoms with E-state index in [1.165, 1.54) is 56.6 Å². The molecular formula is C104H66BBr2N7O10. The summed E-state index contributed by atoms with van der Waals surface area (Å²) in [5.41, 5.74) is 23.5. The Hall–Kier alpha value is -15.3. The zero-order valence-corrected chi connectivity index (χ0v) is 68.7. The Morgan fingerprint density at radius 2 is 0.492 bits per heavy atom. The zero-order valence-electron chi connectivity index (χ0n) is 65.6. The fourth-order valence-corrected chi connectivity index (χ4v) is 19.7. The second-order valence-corrected chi connectivity index (χ2v) is 32.6. The van der Waals surface area contributed by atoms with Crippen LogP contribution in [0.25, 0.3) is 127 Å². The molecule has 3 heterocycles. The molecule has 0 atom stereocenters. The van der Waals surface area contributed by atoms with Crippen molar-refractivity contribution in [2.75, 3.05) is 0 Å². The van der Waals surface area contributed by atoms with Gasteiger partial charge in [-0.15, -0.1) is 0 Å². The Kier molecular flexibility index (Phi) is 19.4. The number of benzene rings is 17. The van der Waals surface area contributed by atoms with Crippen molar-refractivity contribution < 1.29 is 29.7 Å². The monoisotopic (exact) mass is 1740 g/mol. The zero-order chi connectivity index (χ0) is 84.8. The van der Waals surface area contributed by atoms with Crippen LogP contribution in [0.1, 0.15) is 44.5 Å². The Morgan fingerprint density at radius 1 is 0.250 bits per heavy atom. The topological polar surface area (TPSA) is 228 Å². The van der Waals surface area contributed by atoms with Gasteiger partial charge < -0.3 is 23.7 Å². The highest BCUT2D eigenvalue weighted by atomic mass is 79.9. The first-order valence-electron chi connectivity index (χ1n) is 40.0. The van der Waals surface area contributed by atoms with Crippen LogP contribution in [0.4, 0.5) is 22.7 Å². The molecule has 0 saturated carbocycles. The van der Waals surface area contributed by atoms with Crippen LogP contribution in [0.3, 0.4) is 0 Å². The van der Waals surface area contributed by atoms with Gasteiger partial charge >= 0.3 is 7.12 Å². The molecule has 594 valence electrons. The van der Waals surface area contributed by atoms with Gasteiger partial charge in [0.15, 0.2) is 0 Å². The van der Waals surface area contributed by atoms with Crippen LogP contribution in [-0.4, -0.2) is 50.6 Å². The minimum absolute atomic E-state index is 0.000437. The van der Waals surface area contributed by atoms with E-state index < -0.39 is 27.8 Å². The third-order valence-electron chi connectivity index (χ3n) is 24.3. The number of halogens is 2. The fraction of sp³-hybridized carbons (Fsp3) is 0.0192. The second-order valence-electron chi connectivity index (χ2n) is 30.8. The van der Waals surface area contributed by atoms with E-state index in [-0.39, 0.29) is 32.6 Å². The molecule has 0 amide bonds. The van der Waals surface area contributed by atoms with Gasteiger partial charge in [0.25, 0.3) is 22.7 Å². The lowest BCUT2D eigenvalue weighted by atomic mass is 9.67. The molecule has 17 aromatic carbocycles. The standard InChI is InChI=1S/C61H38N4O4.C25H14Br2N2O4.C18H14BNO2/c66-64(67)45-29-25-43(26-30-45)61(44-27-31-46(32-28-44)65(68)69)55-37-41(39-11-9-13-47(35-39)62-57-19-5-1-15-51(57)52-16-2-6-20-58(52)62)23-33-49(55)50-34-24-42(38-56(50)61)40-12-10-14-48(36-40)63-59-21-7-3-17-53(59)54-18-4-8-22-60(54)63;26-17-5-11-21-22-12-6-18(27)14-24(22)25(23(21)13-17,15-1-7-19(8-2-15)28(30)31)16-3-9-20(10-4-16)29(32)33;21-19(22)13-6-5-7-14(12-13)20-17-10-3-1-8-15(17)16-9-2-4-11-18(16)20/h1-38H;1-14H;1-12,21-22H. The van der Waals surface area contributed by atoms with Gasteiger partial charge in [-0.1, -0.05) is 262 Å². The summed E-state index contributed by atoms with van der Waals surface area (Å²) in [5, 5.41) is 72.8. The van der Waals surface area contributed by atoms with Gasteiger partial charge in [0, 0.05) is 107 Å². The number of fused-ring (bicyclic) bond motifs is 15. The van der Waals surface area contributed by atoms with Crippen LogP contribution in [0.5, 0.6) is 0 Å². The number of rotatable bonds is 14. The minimum Gasteiger partial charge on any atom is -0.423 e. The van der Waals surface area contributed by atoms with E-state index in [2.05, 4.69) is 252 Å². The van der Waals surface area contributed by atoms with Gasteiger partial charge in [0.05, 0.1) is 63.6 Å². The van der Waals surface area contributed by atoms with Crippen molar-refractivity contribution in [1.82, 2.24) is 13.7 Å². The minimum atomic E-state index is -1.46. The Balaban J connectivity index is 0.000000145. The molecule has 2 aliphatic carbocycles.